The molecule has 1 aromatic carbocycles. The maximum atomic E-state index is 13.3. The molecule has 4 heterocycles. The molecule has 1 amide bonds. The van der Waals surface area contributed by atoms with Gasteiger partial charge in [0.1, 0.15) is 18.9 Å². The minimum Gasteiger partial charge on any atom is -0.458 e. The molecule has 0 aliphatic carbocycles. The number of para-hydroxylation sites is 1. The number of benzene rings is 1. The minimum atomic E-state index is -1.43. The van der Waals surface area contributed by atoms with Gasteiger partial charge in [0.2, 0.25) is 12.0 Å². The number of Topliss-reactive ketones (excluding diaryl/α,β-unsaturated/α-hetero) is 1. The van der Waals surface area contributed by atoms with E-state index in [9.17, 15) is 24.0 Å². The predicted octanol–water partition coefficient (Wildman–Crippen LogP) is 1.94. The molecule has 0 radical (unpaired) electrons. The molecule has 184 valence electrons. The van der Waals surface area contributed by atoms with Crippen molar-refractivity contribution in [1.29, 1.82) is 0 Å². The van der Waals surface area contributed by atoms with E-state index in [2.05, 4.69) is 5.32 Å². The van der Waals surface area contributed by atoms with Gasteiger partial charge in [-0.2, -0.15) is 0 Å². The number of hydrogen-bond acceptors (Lipinski definition) is 8. The summed E-state index contributed by atoms with van der Waals surface area (Å²) < 4.78 is 12.1. The summed E-state index contributed by atoms with van der Waals surface area (Å²) in [5, 5.41) is 3.37. The lowest BCUT2D eigenvalue weighted by Crippen LogP contribution is -2.36. The predicted molar refractivity (Wildman–Crippen MR) is 127 cm³/mol. The topological polar surface area (TPSA) is 134 Å². The van der Waals surface area contributed by atoms with Gasteiger partial charge < -0.3 is 24.2 Å². The van der Waals surface area contributed by atoms with Crippen molar-refractivity contribution < 1.29 is 28.7 Å². The van der Waals surface area contributed by atoms with Crippen LogP contribution >= 0.6 is 0 Å². The van der Waals surface area contributed by atoms with E-state index in [0.717, 1.165) is 16.5 Å². The second-order valence-electron chi connectivity index (χ2n) is 8.85. The van der Waals surface area contributed by atoms with E-state index in [1.165, 1.54) is 6.92 Å². The van der Waals surface area contributed by atoms with E-state index in [1.54, 1.807) is 10.6 Å². The first kappa shape index (κ1) is 23.4. The van der Waals surface area contributed by atoms with Crippen molar-refractivity contribution in [2.45, 2.75) is 45.4 Å². The molecule has 10 heteroatoms. The molecule has 2 aromatic heterocycles. The SMILES string of the molecule is CC(=O)CCCC(=O)NCC(=O)OC1C(=O)OCc2c1cc1n(c2=O)Cc2cc3ccccc3nc2-1. The molecule has 0 saturated carbocycles. The molecule has 0 spiro atoms. The van der Waals surface area contributed by atoms with Gasteiger partial charge in [-0.25, -0.2) is 9.78 Å². The third kappa shape index (κ3) is 4.37. The fourth-order valence-corrected chi connectivity index (χ4v) is 4.50. The number of esters is 2. The molecular formula is C26H23N3O7. The van der Waals surface area contributed by atoms with Gasteiger partial charge in [0.15, 0.2) is 0 Å². The number of nitrogens with one attached hydrogen (secondary N) is 1. The number of hydrogen-bond donors (Lipinski definition) is 1. The first-order valence-electron chi connectivity index (χ1n) is 11.6. The summed E-state index contributed by atoms with van der Waals surface area (Å²) in [6, 6.07) is 11.3. The molecule has 36 heavy (non-hydrogen) atoms. The second kappa shape index (κ2) is 9.37. The zero-order valence-corrected chi connectivity index (χ0v) is 19.5. The number of carbonyl (C=O) groups excluding carboxylic acids is 4. The number of amides is 1. The highest BCUT2D eigenvalue weighted by Gasteiger charge is 2.37. The Bertz CT molecular complexity index is 1490. The van der Waals surface area contributed by atoms with Crippen LogP contribution in [0.15, 0.2) is 41.2 Å². The van der Waals surface area contributed by atoms with Crippen LogP contribution in [0.25, 0.3) is 22.3 Å². The van der Waals surface area contributed by atoms with E-state index in [4.69, 9.17) is 14.5 Å². The lowest BCUT2D eigenvalue weighted by Gasteiger charge is -2.25. The van der Waals surface area contributed by atoms with E-state index >= 15 is 0 Å². The number of cyclic esters (lactones) is 1. The minimum absolute atomic E-state index is 0.0231. The van der Waals surface area contributed by atoms with Crippen molar-refractivity contribution in [3.8, 4) is 11.4 Å². The highest BCUT2D eigenvalue weighted by Crippen LogP contribution is 2.36. The van der Waals surface area contributed by atoms with Crippen molar-refractivity contribution in [3.05, 3.63) is 63.4 Å². The van der Waals surface area contributed by atoms with Crippen molar-refractivity contribution in [3.63, 3.8) is 0 Å². The monoisotopic (exact) mass is 489 g/mol. The number of fused-ring (bicyclic) bond motifs is 5. The van der Waals surface area contributed by atoms with E-state index < -0.39 is 30.5 Å². The van der Waals surface area contributed by atoms with Crippen LogP contribution in [-0.2, 0) is 41.8 Å². The zero-order valence-electron chi connectivity index (χ0n) is 19.5. The molecule has 2 aliphatic rings. The lowest BCUT2D eigenvalue weighted by molar-refractivity contribution is -0.171. The second-order valence-corrected chi connectivity index (χ2v) is 8.85. The van der Waals surface area contributed by atoms with Crippen molar-refractivity contribution in [1.82, 2.24) is 14.9 Å². The molecule has 2 aliphatic heterocycles. The van der Waals surface area contributed by atoms with Crippen LogP contribution in [-0.4, -0.2) is 39.7 Å². The highest BCUT2D eigenvalue weighted by molar-refractivity contribution is 5.87. The first-order chi connectivity index (χ1) is 17.3. The van der Waals surface area contributed by atoms with Gasteiger partial charge in [0, 0.05) is 29.4 Å². The lowest BCUT2D eigenvalue weighted by atomic mass is 10.00. The number of ether oxygens (including phenoxy) is 2. The Labute approximate surface area is 205 Å². The Morgan fingerprint density at radius 1 is 1.17 bits per heavy atom. The maximum Gasteiger partial charge on any atom is 0.352 e. The smallest absolute Gasteiger partial charge is 0.352 e. The highest BCUT2D eigenvalue weighted by atomic mass is 16.6. The number of rotatable bonds is 7. The Kier molecular flexibility index (Phi) is 6.09. The molecule has 1 unspecified atom stereocenters. The van der Waals surface area contributed by atoms with E-state index in [0.29, 0.717) is 24.4 Å². The molecule has 1 N–H and O–H groups in total. The number of pyridine rings is 2. The van der Waals surface area contributed by atoms with E-state index in [1.807, 2.05) is 30.3 Å². The van der Waals surface area contributed by atoms with Crippen molar-refractivity contribution in [2.24, 2.45) is 0 Å². The summed E-state index contributed by atoms with van der Waals surface area (Å²) in [7, 11) is 0. The van der Waals surface area contributed by atoms with Crippen molar-refractivity contribution in [2.75, 3.05) is 6.54 Å². The van der Waals surface area contributed by atoms with Crippen LogP contribution in [0.4, 0.5) is 0 Å². The maximum absolute atomic E-state index is 13.3. The number of carbonyl (C=O) groups is 4. The number of ketones is 1. The van der Waals surface area contributed by atoms with E-state index in [-0.39, 0.29) is 41.9 Å². The summed E-state index contributed by atoms with van der Waals surface area (Å²) in [4.78, 5) is 65.8. The van der Waals surface area contributed by atoms with Gasteiger partial charge in [-0.3, -0.25) is 14.4 Å². The van der Waals surface area contributed by atoms with Gasteiger partial charge in [-0.15, -0.1) is 0 Å². The van der Waals surface area contributed by atoms with Crippen LogP contribution in [0, 0.1) is 0 Å². The van der Waals surface area contributed by atoms with Crippen molar-refractivity contribution >= 4 is 34.5 Å². The summed E-state index contributed by atoms with van der Waals surface area (Å²) in [5.74, 6) is -2.08. The molecule has 0 bridgehead atoms. The average Bonchev–Trinajstić information content (AvgIpc) is 3.21. The molecular weight excluding hydrogens is 466 g/mol. The standard InChI is InChI=1S/C26H23N3O7/c1-14(30)5-4-8-21(31)27-11-22(32)36-24-17-10-20-23-16(9-15-6-2-3-7-19(15)28-23)12-29(20)25(33)18(17)13-35-26(24)34/h2-3,6-7,9-10,24H,4-5,8,11-13H2,1H3,(H,27,31). The number of nitrogens with zero attached hydrogens (tertiary/aromatic N) is 2. The molecule has 5 rings (SSSR count). The molecule has 10 nitrogen and oxygen atoms in total. The van der Waals surface area contributed by atoms with Gasteiger partial charge in [0.05, 0.1) is 29.0 Å². The van der Waals surface area contributed by atoms with Gasteiger partial charge in [-0.1, -0.05) is 18.2 Å². The zero-order chi connectivity index (χ0) is 25.4. The Hall–Kier alpha value is -4.34. The molecule has 0 fully saturated rings. The normalized spacial score (nSPS) is 15.5. The van der Waals surface area contributed by atoms with Gasteiger partial charge in [-0.05, 0) is 31.5 Å². The van der Waals surface area contributed by atoms with Crippen LogP contribution in [0.3, 0.4) is 0 Å². The molecule has 3 aromatic rings. The van der Waals surface area contributed by atoms with Gasteiger partial charge >= 0.3 is 11.9 Å². The summed E-state index contributed by atoms with van der Waals surface area (Å²) in [5.41, 5.74) is 2.98. The third-order valence-corrected chi connectivity index (χ3v) is 6.28. The van der Waals surface area contributed by atoms with Crippen LogP contribution in [0.2, 0.25) is 0 Å². The fraction of sp³-hybridized carbons (Fsp3) is 0.308. The van der Waals surface area contributed by atoms with Crippen LogP contribution in [0.5, 0.6) is 0 Å². The fourth-order valence-electron chi connectivity index (χ4n) is 4.50. The summed E-state index contributed by atoms with van der Waals surface area (Å²) >= 11 is 0. The summed E-state index contributed by atoms with van der Waals surface area (Å²) in [6.07, 6.45) is -0.696. The van der Waals surface area contributed by atoms with Crippen LogP contribution in [0.1, 0.15) is 49.0 Å². The van der Waals surface area contributed by atoms with Crippen LogP contribution < -0.4 is 10.9 Å². The Morgan fingerprint density at radius 2 is 1.97 bits per heavy atom. The quantitative estimate of drug-likeness (QED) is 0.390. The largest absolute Gasteiger partial charge is 0.458 e. The van der Waals surface area contributed by atoms with Gasteiger partial charge in [0.25, 0.3) is 5.56 Å². The Balaban J connectivity index is 1.38. The summed E-state index contributed by atoms with van der Waals surface area (Å²) in [6.45, 7) is 1.09. The Morgan fingerprint density at radius 3 is 2.78 bits per heavy atom. The molecule has 0 saturated heterocycles. The first-order valence-corrected chi connectivity index (χ1v) is 11.6. The average molecular weight is 489 g/mol. The molecule has 1 atom stereocenters. The third-order valence-electron chi connectivity index (χ3n) is 6.28. The number of aromatic nitrogens is 2.